The van der Waals surface area contributed by atoms with E-state index in [-0.39, 0.29) is 10.6 Å². The predicted octanol–water partition coefficient (Wildman–Crippen LogP) is 5.13. The molecule has 0 aromatic heterocycles. The zero-order valence-corrected chi connectivity index (χ0v) is 16.8. The van der Waals surface area contributed by atoms with Gasteiger partial charge in [-0.15, -0.1) is 0 Å². The lowest BCUT2D eigenvalue weighted by Gasteiger charge is -2.20. The van der Waals surface area contributed by atoms with Crippen molar-refractivity contribution in [3.63, 3.8) is 0 Å². The van der Waals surface area contributed by atoms with Crippen LogP contribution in [0.3, 0.4) is 0 Å². The third-order valence-electron chi connectivity index (χ3n) is 5.10. The molecular formula is C22H18F3NO3S. The SMILES string of the molecule is COc1cc(C(F)(F)F)ccc1-c1ccc2c(c1)CCN2S(=O)(=O)c1ccccc1. The van der Waals surface area contributed by atoms with E-state index in [9.17, 15) is 21.6 Å². The second-order valence-electron chi connectivity index (χ2n) is 6.90. The second-order valence-corrected chi connectivity index (χ2v) is 8.76. The molecule has 1 aliphatic heterocycles. The normalized spacial score (nSPS) is 13.9. The summed E-state index contributed by atoms with van der Waals surface area (Å²) in [5.74, 6) is 0.108. The summed E-state index contributed by atoms with van der Waals surface area (Å²) in [6.45, 7) is 0.306. The maximum Gasteiger partial charge on any atom is 0.416 e. The fraction of sp³-hybridized carbons (Fsp3) is 0.182. The van der Waals surface area contributed by atoms with Gasteiger partial charge in [-0.1, -0.05) is 30.3 Å². The van der Waals surface area contributed by atoms with Crippen LogP contribution in [-0.4, -0.2) is 22.1 Å². The van der Waals surface area contributed by atoms with Crippen LogP contribution in [0.4, 0.5) is 18.9 Å². The van der Waals surface area contributed by atoms with E-state index in [1.54, 1.807) is 48.5 Å². The minimum atomic E-state index is -4.46. The summed E-state index contributed by atoms with van der Waals surface area (Å²) in [5.41, 5.74) is 1.78. The van der Waals surface area contributed by atoms with Gasteiger partial charge in [0.05, 0.1) is 23.3 Å². The smallest absolute Gasteiger partial charge is 0.416 e. The Morgan fingerprint density at radius 1 is 0.967 bits per heavy atom. The number of hydrogen-bond donors (Lipinski definition) is 0. The third kappa shape index (κ3) is 3.52. The van der Waals surface area contributed by atoms with Crippen molar-refractivity contribution in [1.29, 1.82) is 0 Å². The van der Waals surface area contributed by atoms with Crippen LogP contribution in [0.25, 0.3) is 11.1 Å². The highest BCUT2D eigenvalue weighted by Gasteiger charge is 2.33. The molecule has 156 valence electrons. The number of methoxy groups -OCH3 is 1. The van der Waals surface area contributed by atoms with Gasteiger partial charge >= 0.3 is 6.18 Å². The molecule has 3 aromatic rings. The molecule has 8 heteroatoms. The van der Waals surface area contributed by atoms with Crippen LogP contribution in [0.1, 0.15) is 11.1 Å². The lowest BCUT2D eigenvalue weighted by atomic mass is 9.99. The number of anilines is 1. The molecule has 0 radical (unpaired) electrons. The van der Waals surface area contributed by atoms with Crippen LogP contribution in [0.5, 0.6) is 5.75 Å². The zero-order valence-electron chi connectivity index (χ0n) is 16.0. The fourth-order valence-corrected chi connectivity index (χ4v) is 5.14. The Morgan fingerprint density at radius 3 is 2.37 bits per heavy atom. The average molecular weight is 433 g/mol. The number of rotatable bonds is 4. The summed E-state index contributed by atoms with van der Waals surface area (Å²) in [4.78, 5) is 0.214. The molecule has 3 aromatic carbocycles. The van der Waals surface area contributed by atoms with Gasteiger partial charge in [-0.3, -0.25) is 4.31 Å². The Hall–Kier alpha value is -3.00. The van der Waals surface area contributed by atoms with Crippen LogP contribution in [0, 0.1) is 0 Å². The molecule has 4 nitrogen and oxygen atoms in total. The Bertz CT molecular complexity index is 1190. The lowest BCUT2D eigenvalue weighted by Crippen LogP contribution is -2.29. The topological polar surface area (TPSA) is 46.6 Å². The summed E-state index contributed by atoms with van der Waals surface area (Å²) in [6.07, 6.45) is -3.95. The van der Waals surface area contributed by atoms with Crippen LogP contribution < -0.4 is 9.04 Å². The van der Waals surface area contributed by atoms with Gasteiger partial charge < -0.3 is 4.74 Å². The molecule has 0 atom stereocenters. The van der Waals surface area contributed by atoms with Gasteiger partial charge in [-0.2, -0.15) is 13.2 Å². The molecule has 0 N–H and O–H groups in total. The van der Waals surface area contributed by atoms with E-state index >= 15 is 0 Å². The molecule has 0 fully saturated rings. The summed E-state index contributed by atoms with van der Waals surface area (Å²) >= 11 is 0. The number of nitrogens with zero attached hydrogens (tertiary/aromatic N) is 1. The predicted molar refractivity (Wildman–Crippen MR) is 108 cm³/mol. The monoisotopic (exact) mass is 433 g/mol. The number of benzene rings is 3. The van der Waals surface area contributed by atoms with Crippen LogP contribution >= 0.6 is 0 Å². The van der Waals surface area contributed by atoms with Gasteiger partial charge in [0, 0.05) is 12.1 Å². The molecule has 0 bridgehead atoms. The molecule has 1 aliphatic rings. The van der Waals surface area contributed by atoms with Crippen molar-refractivity contribution in [1.82, 2.24) is 0 Å². The average Bonchev–Trinajstić information content (AvgIpc) is 3.17. The molecule has 1 heterocycles. The van der Waals surface area contributed by atoms with Gasteiger partial charge in [0.1, 0.15) is 5.75 Å². The number of sulfonamides is 1. The van der Waals surface area contributed by atoms with Gasteiger partial charge in [0.15, 0.2) is 0 Å². The van der Waals surface area contributed by atoms with Gasteiger partial charge in [-0.25, -0.2) is 8.42 Å². The zero-order chi connectivity index (χ0) is 21.5. The number of ether oxygens (including phenoxy) is 1. The maximum absolute atomic E-state index is 13.0. The van der Waals surface area contributed by atoms with E-state index in [2.05, 4.69) is 0 Å². The van der Waals surface area contributed by atoms with Crippen LogP contribution in [0.15, 0.2) is 71.6 Å². The highest BCUT2D eigenvalue weighted by molar-refractivity contribution is 7.92. The van der Waals surface area contributed by atoms with Gasteiger partial charge in [-0.05, 0) is 53.9 Å². The van der Waals surface area contributed by atoms with Crippen molar-refractivity contribution in [3.05, 3.63) is 77.9 Å². The Morgan fingerprint density at radius 2 is 1.70 bits per heavy atom. The minimum Gasteiger partial charge on any atom is -0.496 e. The molecule has 30 heavy (non-hydrogen) atoms. The first-order valence-electron chi connectivity index (χ1n) is 9.18. The Kier molecular flexibility index (Phi) is 4.97. The quantitative estimate of drug-likeness (QED) is 0.573. The molecule has 0 aliphatic carbocycles. The molecule has 0 spiro atoms. The van der Waals surface area contributed by atoms with Crippen molar-refractivity contribution in [2.24, 2.45) is 0 Å². The number of hydrogen-bond acceptors (Lipinski definition) is 3. The number of halogens is 3. The lowest BCUT2D eigenvalue weighted by molar-refractivity contribution is -0.137. The standard InChI is InChI=1S/C22H18F3NO3S/c1-29-21-14-17(22(23,24)25)8-9-19(21)15-7-10-20-16(13-15)11-12-26(20)30(27,28)18-5-3-2-4-6-18/h2-10,13-14H,11-12H2,1H3. The Labute approximate surface area is 172 Å². The maximum atomic E-state index is 13.0. The Balaban J connectivity index is 1.72. The van der Waals surface area contributed by atoms with Crippen molar-refractivity contribution in [3.8, 4) is 16.9 Å². The van der Waals surface area contributed by atoms with Gasteiger partial charge in [0.25, 0.3) is 10.0 Å². The second kappa shape index (κ2) is 7.36. The number of fused-ring (bicyclic) bond motifs is 1. The van der Waals surface area contributed by atoms with Crippen LogP contribution in [0.2, 0.25) is 0 Å². The van der Waals surface area contributed by atoms with Gasteiger partial charge in [0.2, 0.25) is 0 Å². The highest BCUT2D eigenvalue weighted by Crippen LogP contribution is 2.40. The van der Waals surface area contributed by atoms with E-state index in [4.69, 9.17) is 4.74 Å². The molecule has 0 unspecified atom stereocenters. The molecule has 0 amide bonds. The van der Waals surface area contributed by atoms with E-state index < -0.39 is 21.8 Å². The van der Waals surface area contributed by atoms with Crippen molar-refractivity contribution in [2.45, 2.75) is 17.5 Å². The highest BCUT2D eigenvalue weighted by atomic mass is 32.2. The number of alkyl halides is 3. The van der Waals surface area contributed by atoms with E-state index in [0.717, 1.165) is 17.7 Å². The first-order chi connectivity index (χ1) is 14.2. The molecule has 0 saturated heterocycles. The molecule has 4 rings (SSSR count). The van der Waals surface area contributed by atoms with Crippen molar-refractivity contribution >= 4 is 15.7 Å². The van der Waals surface area contributed by atoms with Crippen molar-refractivity contribution < 1.29 is 26.3 Å². The van der Waals surface area contributed by atoms with E-state index in [0.29, 0.717) is 29.8 Å². The largest absolute Gasteiger partial charge is 0.496 e. The molecule has 0 saturated carbocycles. The van der Waals surface area contributed by atoms with Crippen molar-refractivity contribution in [2.75, 3.05) is 18.0 Å². The van der Waals surface area contributed by atoms with E-state index in [1.165, 1.54) is 17.5 Å². The summed E-state index contributed by atoms with van der Waals surface area (Å²) in [5, 5.41) is 0. The fourth-order valence-electron chi connectivity index (χ4n) is 3.61. The third-order valence-corrected chi connectivity index (χ3v) is 6.93. The van der Waals surface area contributed by atoms with E-state index in [1.807, 2.05) is 0 Å². The summed E-state index contributed by atoms with van der Waals surface area (Å²) in [7, 11) is -2.36. The minimum absolute atomic E-state index is 0.108. The van der Waals surface area contributed by atoms with Crippen LogP contribution in [-0.2, 0) is 22.6 Å². The first kappa shape index (κ1) is 20.3. The summed E-state index contributed by atoms with van der Waals surface area (Å²) in [6, 6.07) is 16.7. The summed E-state index contributed by atoms with van der Waals surface area (Å²) < 4.78 is 71.5. The first-order valence-corrected chi connectivity index (χ1v) is 10.6. The molecular weight excluding hydrogens is 415 g/mol.